The number of halogens is 1. The number of benzene rings is 1. The molecule has 0 aliphatic rings. The highest BCUT2D eigenvalue weighted by atomic mass is 79.9. The average molecular weight is 405 g/mol. The second-order valence-electron chi connectivity index (χ2n) is 4.74. The van der Waals surface area contributed by atoms with Crippen molar-refractivity contribution in [3.8, 4) is 16.3 Å². The molecule has 0 aliphatic heterocycles. The molecule has 2 N–H and O–H groups in total. The van der Waals surface area contributed by atoms with Gasteiger partial charge in [0, 0.05) is 0 Å². The lowest BCUT2D eigenvalue weighted by molar-refractivity contribution is 0.0950. The van der Waals surface area contributed by atoms with E-state index in [0.717, 1.165) is 25.7 Å². The highest BCUT2D eigenvalue weighted by Gasteiger charge is 2.11. The average Bonchev–Trinajstić information content (AvgIpc) is 3.24. The lowest BCUT2D eigenvalue weighted by Gasteiger charge is -1.99. The molecule has 2 heterocycles. The SMILES string of the molecule is COc1ccc(/C=N/NC(=O)c2cc(-c3ccc(Br)s3)[nH]n2)cc1. The number of ether oxygens (including phenoxy) is 1. The van der Waals surface area contributed by atoms with E-state index in [1.54, 1.807) is 30.7 Å². The number of hydrogen-bond donors (Lipinski definition) is 2. The summed E-state index contributed by atoms with van der Waals surface area (Å²) >= 11 is 4.97. The van der Waals surface area contributed by atoms with Crippen LogP contribution in [-0.2, 0) is 0 Å². The van der Waals surface area contributed by atoms with Gasteiger partial charge in [0.15, 0.2) is 5.69 Å². The Balaban J connectivity index is 1.62. The van der Waals surface area contributed by atoms with Crippen LogP contribution in [0.4, 0.5) is 0 Å². The summed E-state index contributed by atoms with van der Waals surface area (Å²) in [6.07, 6.45) is 1.56. The van der Waals surface area contributed by atoms with E-state index in [4.69, 9.17) is 4.74 Å². The number of nitrogens with one attached hydrogen (secondary N) is 2. The zero-order valence-electron chi connectivity index (χ0n) is 12.6. The molecule has 6 nitrogen and oxygen atoms in total. The molecule has 3 aromatic rings. The lowest BCUT2D eigenvalue weighted by Crippen LogP contribution is -2.17. The summed E-state index contributed by atoms with van der Waals surface area (Å²) in [5.41, 5.74) is 4.37. The van der Waals surface area contributed by atoms with Gasteiger partial charge in [-0.3, -0.25) is 9.89 Å². The third-order valence-electron chi connectivity index (χ3n) is 3.14. The summed E-state index contributed by atoms with van der Waals surface area (Å²) in [4.78, 5) is 13.0. The number of aromatic amines is 1. The van der Waals surface area contributed by atoms with Gasteiger partial charge in [-0.05, 0) is 64.0 Å². The first kappa shape index (κ1) is 16.4. The number of nitrogens with zero attached hydrogens (tertiary/aromatic N) is 2. The molecule has 122 valence electrons. The van der Waals surface area contributed by atoms with Gasteiger partial charge in [-0.15, -0.1) is 11.3 Å². The van der Waals surface area contributed by atoms with Crippen LogP contribution < -0.4 is 10.2 Å². The number of methoxy groups -OCH3 is 1. The molecule has 0 bridgehead atoms. The first-order valence-corrected chi connectivity index (χ1v) is 8.55. The normalized spacial score (nSPS) is 10.9. The number of hydrazone groups is 1. The van der Waals surface area contributed by atoms with Crippen molar-refractivity contribution in [1.29, 1.82) is 0 Å². The Hall–Kier alpha value is -2.45. The van der Waals surface area contributed by atoms with Crippen molar-refractivity contribution in [2.45, 2.75) is 0 Å². The summed E-state index contributed by atoms with van der Waals surface area (Å²) in [5, 5.41) is 10.8. The van der Waals surface area contributed by atoms with Crippen LogP contribution in [0.2, 0.25) is 0 Å². The minimum absolute atomic E-state index is 0.279. The Labute approximate surface area is 150 Å². The molecule has 0 aliphatic carbocycles. The van der Waals surface area contributed by atoms with E-state index in [-0.39, 0.29) is 11.6 Å². The molecule has 1 aromatic carbocycles. The molecule has 0 spiro atoms. The second-order valence-corrected chi connectivity index (χ2v) is 7.21. The highest BCUT2D eigenvalue weighted by Crippen LogP contribution is 2.30. The van der Waals surface area contributed by atoms with Crippen LogP contribution in [0, 0.1) is 0 Å². The number of hydrogen-bond acceptors (Lipinski definition) is 5. The number of aromatic nitrogens is 2. The van der Waals surface area contributed by atoms with E-state index in [1.165, 1.54) is 0 Å². The van der Waals surface area contributed by atoms with Gasteiger partial charge in [0.25, 0.3) is 5.91 Å². The fourth-order valence-corrected chi connectivity index (χ4v) is 3.29. The second kappa shape index (κ2) is 7.41. The molecule has 1 amide bonds. The Morgan fingerprint density at radius 1 is 1.33 bits per heavy atom. The molecule has 0 fully saturated rings. The van der Waals surface area contributed by atoms with Crippen molar-refractivity contribution in [3.05, 3.63) is 57.5 Å². The van der Waals surface area contributed by atoms with E-state index >= 15 is 0 Å². The zero-order chi connectivity index (χ0) is 16.9. The minimum Gasteiger partial charge on any atom is -0.497 e. The Morgan fingerprint density at radius 3 is 2.79 bits per heavy atom. The van der Waals surface area contributed by atoms with Gasteiger partial charge in [-0.2, -0.15) is 10.2 Å². The summed E-state index contributed by atoms with van der Waals surface area (Å²) in [7, 11) is 1.61. The van der Waals surface area contributed by atoms with Crippen molar-refractivity contribution in [1.82, 2.24) is 15.6 Å². The highest BCUT2D eigenvalue weighted by molar-refractivity contribution is 9.11. The zero-order valence-corrected chi connectivity index (χ0v) is 15.0. The first-order valence-electron chi connectivity index (χ1n) is 6.94. The molecule has 0 saturated carbocycles. The molecule has 24 heavy (non-hydrogen) atoms. The van der Waals surface area contributed by atoms with Crippen molar-refractivity contribution < 1.29 is 9.53 Å². The number of H-pyrrole nitrogens is 1. The van der Waals surface area contributed by atoms with Gasteiger partial charge in [-0.1, -0.05) is 0 Å². The Kier molecular flexibility index (Phi) is 5.07. The number of carbonyl (C=O) groups excluding carboxylic acids is 1. The van der Waals surface area contributed by atoms with Gasteiger partial charge < -0.3 is 4.74 Å². The Bertz CT molecular complexity index is 870. The van der Waals surface area contributed by atoms with Crippen molar-refractivity contribution in [2.24, 2.45) is 5.10 Å². The van der Waals surface area contributed by atoms with E-state index in [0.29, 0.717) is 0 Å². The third-order valence-corrected chi connectivity index (χ3v) is 4.80. The standard InChI is InChI=1S/C16H13BrN4O2S/c1-23-11-4-2-10(3-5-11)9-18-21-16(22)13-8-12(19-20-13)14-6-7-15(17)24-14/h2-9H,1H3,(H,19,20)(H,21,22)/b18-9+. The molecule has 0 atom stereocenters. The smallest absolute Gasteiger partial charge is 0.291 e. The summed E-state index contributed by atoms with van der Waals surface area (Å²) in [5.74, 6) is 0.387. The summed E-state index contributed by atoms with van der Waals surface area (Å²) in [6.45, 7) is 0. The predicted octanol–water partition coefficient (Wildman–Crippen LogP) is 3.67. The number of carbonyl (C=O) groups is 1. The molecule has 0 unspecified atom stereocenters. The molecular weight excluding hydrogens is 392 g/mol. The van der Waals surface area contributed by atoms with Crippen LogP contribution in [0.3, 0.4) is 0 Å². The molecule has 0 saturated heterocycles. The van der Waals surface area contributed by atoms with Crippen molar-refractivity contribution in [3.63, 3.8) is 0 Å². The van der Waals surface area contributed by atoms with E-state index in [2.05, 4.69) is 36.7 Å². The molecular formula is C16H13BrN4O2S. The topological polar surface area (TPSA) is 79.4 Å². The predicted molar refractivity (Wildman–Crippen MR) is 97.7 cm³/mol. The Morgan fingerprint density at radius 2 is 2.12 bits per heavy atom. The van der Waals surface area contributed by atoms with Gasteiger partial charge in [0.2, 0.25) is 0 Å². The molecule has 0 radical (unpaired) electrons. The molecule has 3 rings (SSSR count). The number of amides is 1. The van der Waals surface area contributed by atoms with Crippen molar-refractivity contribution in [2.75, 3.05) is 7.11 Å². The monoisotopic (exact) mass is 404 g/mol. The van der Waals surface area contributed by atoms with Gasteiger partial charge >= 0.3 is 0 Å². The molecule has 8 heteroatoms. The maximum absolute atomic E-state index is 12.1. The van der Waals surface area contributed by atoms with Crippen LogP contribution in [0.25, 0.3) is 10.6 Å². The van der Waals surface area contributed by atoms with Crippen LogP contribution in [0.5, 0.6) is 5.75 Å². The van der Waals surface area contributed by atoms with Crippen LogP contribution in [-0.4, -0.2) is 29.4 Å². The van der Waals surface area contributed by atoms with E-state index in [1.807, 2.05) is 36.4 Å². The van der Waals surface area contributed by atoms with Crippen LogP contribution >= 0.6 is 27.3 Å². The summed E-state index contributed by atoms with van der Waals surface area (Å²) in [6, 6.07) is 12.9. The maximum Gasteiger partial charge on any atom is 0.291 e. The van der Waals surface area contributed by atoms with Gasteiger partial charge in [0.1, 0.15) is 5.75 Å². The largest absolute Gasteiger partial charge is 0.497 e. The quantitative estimate of drug-likeness (QED) is 0.502. The van der Waals surface area contributed by atoms with Crippen molar-refractivity contribution >= 4 is 39.4 Å². The van der Waals surface area contributed by atoms with E-state index < -0.39 is 0 Å². The maximum atomic E-state index is 12.1. The first-order chi connectivity index (χ1) is 11.7. The van der Waals surface area contributed by atoms with Gasteiger partial charge in [0.05, 0.1) is 27.7 Å². The van der Waals surface area contributed by atoms with Crippen LogP contribution in [0.1, 0.15) is 16.1 Å². The van der Waals surface area contributed by atoms with E-state index in [9.17, 15) is 4.79 Å². The fraction of sp³-hybridized carbons (Fsp3) is 0.0625. The number of rotatable bonds is 5. The fourth-order valence-electron chi connectivity index (χ4n) is 1.94. The van der Waals surface area contributed by atoms with Crippen LogP contribution in [0.15, 0.2) is 51.4 Å². The lowest BCUT2D eigenvalue weighted by atomic mass is 10.2. The minimum atomic E-state index is -0.377. The third kappa shape index (κ3) is 3.90. The molecule has 2 aromatic heterocycles. The summed E-state index contributed by atoms with van der Waals surface area (Å²) < 4.78 is 6.10. The number of thiophene rings is 1. The van der Waals surface area contributed by atoms with Gasteiger partial charge in [-0.25, -0.2) is 5.43 Å².